The molecule has 196 valence electrons. The van der Waals surface area contributed by atoms with Crippen LogP contribution < -0.4 is 10.6 Å². The summed E-state index contributed by atoms with van der Waals surface area (Å²) >= 11 is 0. The Kier molecular flexibility index (Phi) is 7.77. The van der Waals surface area contributed by atoms with Crippen LogP contribution in [0.1, 0.15) is 24.5 Å². The number of hydroxylamine groups is 2. The number of hydrogen-bond acceptors (Lipinski definition) is 6. The zero-order valence-corrected chi connectivity index (χ0v) is 19.9. The average Bonchev–Trinajstić information content (AvgIpc) is 3.49. The number of pyridine rings is 1. The van der Waals surface area contributed by atoms with Crippen LogP contribution in [0.25, 0.3) is 5.65 Å². The molecular weight excluding hydrogens is 491 g/mol. The van der Waals surface area contributed by atoms with E-state index in [9.17, 15) is 27.6 Å². The summed E-state index contributed by atoms with van der Waals surface area (Å²) in [6.07, 6.45) is 0.675. The van der Waals surface area contributed by atoms with E-state index in [1.165, 1.54) is 6.92 Å². The third-order valence-electron chi connectivity index (χ3n) is 6.11. The number of hydrogen-bond donors (Lipinski definition) is 2. The molecule has 9 nitrogen and oxygen atoms in total. The molecule has 0 bridgehead atoms. The van der Waals surface area contributed by atoms with E-state index in [2.05, 4.69) is 20.5 Å². The maximum atomic E-state index is 13.0. The van der Waals surface area contributed by atoms with Crippen molar-refractivity contribution in [3.63, 3.8) is 0 Å². The van der Waals surface area contributed by atoms with Crippen LogP contribution in [0.3, 0.4) is 0 Å². The molecule has 3 heterocycles. The number of alkyl halides is 3. The SMILES string of the molecule is C[C@H](NC(=O)[C@H]1C[C@H](Cc2ccccc2)CN1OC(=O)C(F)(F)F)C(=O)NCc1ccc2nccn2c1. The Balaban J connectivity index is 1.37. The van der Waals surface area contributed by atoms with Gasteiger partial charge in [-0.2, -0.15) is 13.2 Å². The van der Waals surface area contributed by atoms with E-state index in [1.807, 2.05) is 42.6 Å². The minimum absolute atomic E-state index is 0.0495. The fourth-order valence-corrected chi connectivity index (χ4v) is 4.27. The van der Waals surface area contributed by atoms with Crippen molar-refractivity contribution in [1.29, 1.82) is 0 Å². The Morgan fingerprint density at radius 2 is 1.89 bits per heavy atom. The van der Waals surface area contributed by atoms with Gasteiger partial charge in [-0.3, -0.25) is 9.59 Å². The standard InChI is InChI=1S/C25H26F3N5O4/c1-16(22(34)30-13-18-7-8-21-29-9-10-32(21)14-18)31-23(35)20-12-19(11-17-5-3-2-4-6-17)15-33(20)37-24(36)25(26,27)28/h2-10,14,16,19-20H,11-13,15H2,1H3,(H,30,34)(H,31,35)/t16-,19-,20+/m0/s1. The Morgan fingerprint density at radius 3 is 2.62 bits per heavy atom. The summed E-state index contributed by atoms with van der Waals surface area (Å²) in [6, 6.07) is 10.7. The van der Waals surface area contributed by atoms with Gasteiger partial charge in [0, 0.05) is 31.7 Å². The molecule has 1 aliphatic rings. The fraction of sp³-hybridized carbons (Fsp3) is 0.360. The largest absolute Gasteiger partial charge is 0.492 e. The second-order valence-corrected chi connectivity index (χ2v) is 8.96. The van der Waals surface area contributed by atoms with Crippen LogP contribution in [0.5, 0.6) is 0 Å². The number of fused-ring (bicyclic) bond motifs is 1. The number of amides is 2. The molecule has 0 spiro atoms. The molecule has 0 aliphatic carbocycles. The third kappa shape index (κ3) is 6.64. The predicted octanol–water partition coefficient (Wildman–Crippen LogP) is 2.41. The lowest BCUT2D eigenvalue weighted by atomic mass is 9.96. The lowest BCUT2D eigenvalue weighted by Crippen LogP contribution is -2.51. The number of halogens is 3. The molecule has 0 saturated carbocycles. The molecule has 3 aromatic rings. The number of benzene rings is 1. The highest BCUT2D eigenvalue weighted by Crippen LogP contribution is 2.29. The summed E-state index contributed by atoms with van der Waals surface area (Å²) in [5.74, 6) is -3.81. The Morgan fingerprint density at radius 1 is 1.14 bits per heavy atom. The summed E-state index contributed by atoms with van der Waals surface area (Å²) in [5, 5.41) is 6.02. The van der Waals surface area contributed by atoms with Crippen LogP contribution in [-0.4, -0.2) is 57.0 Å². The first kappa shape index (κ1) is 26.1. The van der Waals surface area contributed by atoms with Gasteiger partial charge in [-0.1, -0.05) is 36.4 Å². The molecule has 2 aromatic heterocycles. The van der Waals surface area contributed by atoms with Crippen molar-refractivity contribution in [3.8, 4) is 0 Å². The van der Waals surface area contributed by atoms with Gasteiger partial charge >= 0.3 is 12.1 Å². The quantitative estimate of drug-likeness (QED) is 0.476. The van der Waals surface area contributed by atoms with Crippen molar-refractivity contribution in [2.45, 2.75) is 44.6 Å². The summed E-state index contributed by atoms with van der Waals surface area (Å²) in [4.78, 5) is 45.7. The Hall–Kier alpha value is -3.93. The monoisotopic (exact) mass is 517 g/mol. The van der Waals surface area contributed by atoms with Gasteiger partial charge in [0.1, 0.15) is 17.7 Å². The van der Waals surface area contributed by atoms with Gasteiger partial charge < -0.3 is 19.9 Å². The molecule has 1 fully saturated rings. The van der Waals surface area contributed by atoms with E-state index in [0.717, 1.165) is 21.8 Å². The van der Waals surface area contributed by atoms with E-state index in [-0.39, 0.29) is 25.4 Å². The molecule has 1 saturated heterocycles. The highest BCUT2D eigenvalue weighted by molar-refractivity contribution is 5.89. The summed E-state index contributed by atoms with van der Waals surface area (Å²) < 4.78 is 40.3. The maximum Gasteiger partial charge on any atom is 0.492 e. The molecule has 0 unspecified atom stereocenters. The molecule has 2 amide bonds. The van der Waals surface area contributed by atoms with Gasteiger partial charge in [0.05, 0.1) is 0 Å². The van der Waals surface area contributed by atoms with Gasteiger partial charge in [-0.05, 0) is 42.9 Å². The Bertz CT molecular complexity index is 1260. The molecule has 1 aromatic carbocycles. The molecule has 4 rings (SSSR count). The molecule has 1 aliphatic heterocycles. The summed E-state index contributed by atoms with van der Waals surface area (Å²) in [5.41, 5.74) is 2.51. The van der Waals surface area contributed by atoms with Crippen molar-refractivity contribution < 1.29 is 32.4 Å². The zero-order chi connectivity index (χ0) is 26.6. The second kappa shape index (κ2) is 11.0. The smallest absolute Gasteiger partial charge is 0.360 e. The van der Waals surface area contributed by atoms with Crippen molar-refractivity contribution >= 4 is 23.4 Å². The summed E-state index contributed by atoms with van der Waals surface area (Å²) in [6.45, 7) is 1.62. The molecule has 3 atom stereocenters. The number of carbonyl (C=O) groups excluding carboxylic acids is 3. The van der Waals surface area contributed by atoms with Crippen LogP contribution in [0.4, 0.5) is 13.2 Å². The van der Waals surface area contributed by atoms with Gasteiger partial charge in [0.2, 0.25) is 11.8 Å². The first-order valence-corrected chi connectivity index (χ1v) is 11.7. The number of carbonyl (C=O) groups is 3. The van der Waals surface area contributed by atoms with Crippen molar-refractivity contribution in [3.05, 3.63) is 72.2 Å². The first-order valence-electron chi connectivity index (χ1n) is 11.7. The Labute approximate surface area is 210 Å². The number of nitrogens with zero attached hydrogens (tertiary/aromatic N) is 3. The number of imidazole rings is 1. The topological polar surface area (TPSA) is 105 Å². The van der Waals surface area contributed by atoms with E-state index in [0.29, 0.717) is 6.42 Å². The highest BCUT2D eigenvalue weighted by atomic mass is 19.4. The third-order valence-corrected chi connectivity index (χ3v) is 6.11. The highest BCUT2D eigenvalue weighted by Gasteiger charge is 2.47. The minimum atomic E-state index is -5.20. The maximum absolute atomic E-state index is 13.0. The van der Waals surface area contributed by atoms with E-state index < -0.39 is 36.0 Å². The normalized spacial score (nSPS) is 18.9. The van der Waals surface area contributed by atoms with Crippen molar-refractivity contribution in [2.75, 3.05) is 6.54 Å². The van der Waals surface area contributed by atoms with Crippen molar-refractivity contribution in [2.24, 2.45) is 5.92 Å². The molecule has 2 N–H and O–H groups in total. The van der Waals surface area contributed by atoms with Crippen molar-refractivity contribution in [1.82, 2.24) is 25.1 Å². The minimum Gasteiger partial charge on any atom is -0.360 e. The van der Waals surface area contributed by atoms with Crippen LogP contribution in [0, 0.1) is 5.92 Å². The van der Waals surface area contributed by atoms with Crippen LogP contribution >= 0.6 is 0 Å². The lowest BCUT2D eigenvalue weighted by Gasteiger charge is -2.24. The van der Waals surface area contributed by atoms with Gasteiger partial charge in [0.15, 0.2) is 0 Å². The lowest BCUT2D eigenvalue weighted by molar-refractivity contribution is -0.240. The molecule has 37 heavy (non-hydrogen) atoms. The first-order chi connectivity index (χ1) is 17.6. The van der Waals surface area contributed by atoms with Gasteiger partial charge in [-0.15, -0.1) is 5.06 Å². The number of aromatic nitrogens is 2. The number of nitrogens with one attached hydrogen (secondary N) is 2. The van der Waals surface area contributed by atoms with Gasteiger partial charge in [0.25, 0.3) is 0 Å². The fourth-order valence-electron chi connectivity index (χ4n) is 4.27. The van der Waals surface area contributed by atoms with E-state index in [1.54, 1.807) is 22.9 Å². The average molecular weight is 518 g/mol. The molecule has 0 radical (unpaired) electrons. The molecular formula is C25H26F3N5O4. The van der Waals surface area contributed by atoms with Crippen LogP contribution in [0.15, 0.2) is 61.1 Å². The van der Waals surface area contributed by atoms with E-state index >= 15 is 0 Å². The van der Waals surface area contributed by atoms with Gasteiger partial charge in [-0.25, -0.2) is 9.78 Å². The number of rotatable bonds is 8. The summed E-state index contributed by atoms with van der Waals surface area (Å²) in [7, 11) is 0. The van der Waals surface area contributed by atoms with Crippen LogP contribution in [-0.2, 0) is 32.2 Å². The second-order valence-electron chi connectivity index (χ2n) is 8.96. The van der Waals surface area contributed by atoms with Crippen LogP contribution in [0.2, 0.25) is 0 Å². The molecule has 12 heteroatoms. The van der Waals surface area contributed by atoms with E-state index in [4.69, 9.17) is 0 Å². The predicted molar refractivity (Wildman–Crippen MR) is 126 cm³/mol. The zero-order valence-electron chi connectivity index (χ0n) is 19.9.